The fraction of sp³-hybridized carbons (Fsp3) is 0.417. The summed E-state index contributed by atoms with van der Waals surface area (Å²) >= 11 is 0. The lowest BCUT2D eigenvalue weighted by molar-refractivity contribution is -0.142. The molecular formula is C12H13F2NO2. The molecule has 2 atom stereocenters. The molecule has 2 rings (SSSR count). The third-order valence-electron chi connectivity index (χ3n) is 2.98. The topological polar surface area (TPSA) is 38.3 Å². The minimum absolute atomic E-state index is 0.130. The van der Waals surface area contributed by atoms with E-state index >= 15 is 0 Å². The summed E-state index contributed by atoms with van der Waals surface area (Å²) in [5, 5.41) is 3.04. The third kappa shape index (κ3) is 2.44. The number of carbonyl (C=O) groups is 1. The normalized spacial score (nSPS) is 23.7. The molecule has 1 fully saturated rings. The molecule has 0 aliphatic carbocycles. The van der Waals surface area contributed by atoms with Gasteiger partial charge in [0.1, 0.15) is 6.04 Å². The Hall–Kier alpha value is -1.49. The highest BCUT2D eigenvalue weighted by molar-refractivity contribution is 5.76. The zero-order valence-corrected chi connectivity index (χ0v) is 9.37. The van der Waals surface area contributed by atoms with Crippen LogP contribution in [0.15, 0.2) is 18.2 Å². The number of rotatable bonds is 2. The van der Waals surface area contributed by atoms with E-state index in [0.29, 0.717) is 18.4 Å². The summed E-state index contributed by atoms with van der Waals surface area (Å²) < 4.78 is 30.5. The second kappa shape index (κ2) is 4.79. The molecular weight excluding hydrogens is 228 g/mol. The number of halogens is 2. The first kappa shape index (κ1) is 12.0. The van der Waals surface area contributed by atoms with Gasteiger partial charge in [0.15, 0.2) is 11.6 Å². The van der Waals surface area contributed by atoms with Gasteiger partial charge in [-0.15, -0.1) is 0 Å². The van der Waals surface area contributed by atoms with Crippen LogP contribution in [0.1, 0.15) is 24.4 Å². The van der Waals surface area contributed by atoms with Crippen molar-refractivity contribution >= 4 is 5.97 Å². The predicted molar refractivity (Wildman–Crippen MR) is 57.3 cm³/mol. The van der Waals surface area contributed by atoms with Gasteiger partial charge in [-0.25, -0.2) is 8.78 Å². The maximum Gasteiger partial charge on any atom is 0.322 e. The van der Waals surface area contributed by atoms with Crippen molar-refractivity contribution in [2.24, 2.45) is 0 Å². The van der Waals surface area contributed by atoms with Crippen molar-refractivity contribution in [1.29, 1.82) is 0 Å². The number of ether oxygens (including phenoxy) is 1. The second-order valence-corrected chi connectivity index (χ2v) is 4.05. The molecule has 3 nitrogen and oxygen atoms in total. The molecule has 5 heteroatoms. The van der Waals surface area contributed by atoms with Crippen LogP contribution < -0.4 is 5.32 Å². The van der Waals surface area contributed by atoms with Crippen LogP contribution in [0.25, 0.3) is 0 Å². The molecule has 0 spiro atoms. The van der Waals surface area contributed by atoms with Gasteiger partial charge in [0.2, 0.25) is 0 Å². The number of hydrogen-bond acceptors (Lipinski definition) is 3. The lowest BCUT2D eigenvalue weighted by atomic mass is 10.1. The quantitative estimate of drug-likeness (QED) is 0.804. The van der Waals surface area contributed by atoms with E-state index in [1.54, 1.807) is 0 Å². The molecule has 0 radical (unpaired) electrons. The van der Waals surface area contributed by atoms with Gasteiger partial charge in [0.05, 0.1) is 7.11 Å². The highest BCUT2D eigenvalue weighted by Crippen LogP contribution is 2.27. The molecule has 0 bridgehead atoms. The summed E-state index contributed by atoms with van der Waals surface area (Å²) in [5.41, 5.74) is 0.648. The van der Waals surface area contributed by atoms with E-state index in [9.17, 15) is 13.6 Å². The van der Waals surface area contributed by atoms with Crippen LogP contribution >= 0.6 is 0 Å². The summed E-state index contributed by atoms with van der Waals surface area (Å²) in [6.45, 7) is 0. The van der Waals surface area contributed by atoms with Crippen molar-refractivity contribution < 1.29 is 18.3 Å². The highest BCUT2D eigenvalue weighted by Gasteiger charge is 2.30. The molecule has 1 aliphatic heterocycles. The Morgan fingerprint density at radius 3 is 2.76 bits per heavy atom. The van der Waals surface area contributed by atoms with E-state index in [0.717, 1.165) is 12.1 Å². The fourth-order valence-electron chi connectivity index (χ4n) is 2.06. The van der Waals surface area contributed by atoms with Gasteiger partial charge >= 0.3 is 5.97 Å². The average molecular weight is 241 g/mol. The maximum absolute atomic E-state index is 13.1. The lowest BCUT2D eigenvalue weighted by Crippen LogP contribution is -2.33. The lowest BCUT2D eigenvalue weighted by Gasteiger charge is -2.13. The minimum atomic E-state index is -0.870. The number of methoxy groups -OCH3 is 1. The molecule has 0 amide bonds. The van der Waals surface area contributed by atoms with Crippen molar-refractivity contribution in [1.82, 2.24) is 5.32 Å². The van der Waals surface area contributed by atoms with E-state index < -0.39 is 11.6 Å². The van der Waals surface area contributed by atoms with Crippen molar-refractivity contribution in [2.45, 2.75) is 24.9 Å². The molecule has 1 aromatic carbocycles. The molecule has 1 aliphatic rings. The van der Waals surface area contributed by atoms with Gasteiger partial charge in [-0.3, -0.25) is 10.1 Å². The summed E-state index contributed by atoms with van der Waals surface area (Å²) in [5.74, 6) is -2.06. The smallest absolute Gasteiger partial charge is 0.322 e. The van der Waals surface area contributed by atoms with Crippen LogP contribution in [0.3, 0.4) is 0 Å². The summed E-state index contributed by atoms with van der Waals surface area (Å²) in [7, 11) is 1.33. The molecule has 1 heterocycles. The monoisotopic (exact) mass is 241 g/mol. The van der Waals surface area contributed by atoms with Gasteiger partial charge in [-0.1, -0.05) is 6.07 Å². The zero-order chi connectivity index (χ0) is 12.4. The Balaban J connectivity index is 2.10. The fourth-order valence-corrected chi connectivity index (χ4v) is 2.06. The van der Waals surface area contributed by atoms with E-state index in [-0.39, 0.29) is 18.1 Å². The Morgan fingerprint density at radius 1 is 1.35 bits per heavy atom. The highest BCUT2D eigenvalue weighted by atomic mass is 19.2. The molecule has 1 saturated heterocycles. The molecule has 1 aromatic rings. The van der Waals surface area contributed by atoms with Crippen LogP contribution in [0.4, 0.5) is 8.78 Å². The van der Waals surface area contributed by atoms with Gasteiger partial charge < -0.3 is 4.74 Å². The van der Waals surface area contributed by atoms with Gasteiger partial charge in [-0.2, -0.15) is 0 Å². The maximum atomic E-state index is 13.1. The first-order valence-corrected chi connectivity index (χ1v) is 5.40. The van der Waals surface area contributed by atoms with Crippen molar-refractivity contribution in [3.63, 3.8) is 0 Å². The van der Waals surface area contributed by atoms with Crippen molar-refractivity contribution in [3.8, 4) is 0 Å². The molecule has 0 aromatic heterocycles. The zero-order valence-electron chi connectivity index (χ0n) is 9.37. The van der Waals surface area contributed by atoms with E-state index in [4.69, 9.17) is 0 Å². The van der Waals surface area contributed by atoms with Crippen LogP contribution in [0, 0.1) is 11.6 Å². The molecule has 92 valence electrons. The summed E-state index contributed by atoms with van der Waals surface area (Å²) in [6, 6.07) is 3.28. The molecule has 17 heavy (non-hydrogen) atoms. The number of hydrogen-bond donors (Lipinski definition) is 1. The largest absolute Gasteiger partial charge is 0.468 e. The number of nitrogens with one attached hydrogen (secondary N) is 1. The molecule has 0 unspecified atom stereocenters. The average Bonchev–Trinajstić information content (AvgIpc) is 2.81. The summed E-state index contributed by atoms with van der Waals surface area (Å²) in [6.07, 6.45) is 1.33. The van der Waals surface area contributed by atoms with Gasteiger partial charge in [-0.05, 0) is 30.5 Å². The first-order valence-electron chi connectivity index (χ1n) is 5.40. The van der Waals surface area contributed by atoms with E-state index in [1.165, 1.54) is 13.2 Å². The molecule has 1 N–H and O–H groups in total. The first-order chi connectivity index (χ1) is 8.11. The van der Waals surface area contributed by atoms with Gasteiger partial charge in [0.25, 0.3) is 0 Å². The van der Waals surface area contributed by atoms with Gasteiger partial charge in [0, 0.05) is 6.04 Å². The standard InChI is InChI=1S/C12H13F2NO2/c1-17-12(16)11-5-4-10(15-11)7-2-3-8(13)9(14)6-7/h2-3,6,10-11,15H,4-5H2,1H3/t10-,11-/m1/s1. The van der Waals surface area contributed by atoms with Crippen LogP contribution in [-0.4, -0.2) is 19.1 Å². The Labute approximate surface area is 97.8 Å². The number of carbonyl (C=O) groups excluding carboxylic acids is 1. The predicted octanol–water partition coefficient (Wildman–Crippen LogP) is 1.93. The Bertz CT molecular complexity index is 437. The summed E-state index contributed by atoms with van der Waals surface area (Å²) in [4.78, 5) is 11.3. The van der Waals surface area contributed by atoms with E-state index in [2.05, 4.69) is 10.1 Å². The SMILES string of the molecule is COC(=O)[C@H]1CC[C@H](c2ccc(F)c(F)c2)N1. The minimum Gasteiger partial charge on any atom is -0.468 e. The van der Waals surface area contributed by atoms with Crippen LogP contribution in [0.5, 0.6) is 0 Å². The third-order valence-corrected chi connectivity index (χ3v) is 2.98. The van der Waals surface area contributed by atoms with Crippen LogP contribution in [0.2, 0.25) is 0 Å². The number of benzene rings is 1. The van der Waals surface area contributed by atoms with Crippen LogP contribution in [-0.2, 0) is 9.53 Å². The molecule has 0 saturated carbocycles. The second-order valence-electron chi connectivity index (χ2n) is 4.05. The Kier molecular flexibility index (Phi) is 3.38. The van der Waals surface area contributed by atoms with E-state index in [1.807, 2.05) is 0 Å². The van der Waals surface area contributed by atoms with Crippen molar-refractivity contribution in [3.05, 3.63) is 35.4 Å². The van der Waals surface area contributed by atoms with Crippen molar-refractivity contribution in [2.75, 3.05) is 7.11 Å². The number of esters is 1. The Morgan fingerprint density at radius 2 is 2.12 bits per heavy atom.